The molecule has 0 aromatic carbocycles. The Morgan fingerprint density at radius 2 is 1.78 bits per heavy atom. The van der Waals surface area contributed by atoms with Crippen molar-refractivity contribution in [2.24, 2.45) is 4.99 Å². The highest BCUT2D eigenvalue weighted by Gasteiger charge is 2.22. The third-order valence-corrected chi connectivity index (χ3v) is 3.71. The molecule has 0 heterocycles. The first kappa shape index (κ1) is 25.1. The summed E-state index contributed by atoms with van der Waals surface area (Å²) in [5.41, 5.74) is -0.589. The van der Waals surface area contributed by atoms with Crippen molar-refractivity contribution in [2.45, 2.75) is 45.6 Å². The van der Waals surface area contributed by atoms with Crippen LogP contribution in [0.5, 0.6) is 0 Å². The van der Waals surface area contributed by atoms with Crippen LogP contribution in [0.15, 0.2) is 4.99 Å². The summed E-state index contributed by atoms with van der Waals surface area (Å²) < 4.78 is 30.6. The Labute approximate surface area is 158 Å². The molecule has 0 rings (SSSR count). The molecule has 23 heavy (non-hydrogen) atoms. The van der Waals surface area contributed by atoms with Crippen molar-refractivity contribution in [3.05, 3.63) is 0 Å². The molecule has 0 atom stereocenters. The standard InChI is InChI=1S/C14H32N4O3S.HI/c1-6-7-10-21-11-8-9-16-13(15-4)17-12-14(2,3)18-22(5,19)20;/h18H,6-12H2,1-5H3,(H2,15,16,17);1H. The number of ether oxygens (including phenoxy) is 1. The van der Waals surface area contributed by atoms with Crippen molar-refractivity contribution in [3.8, 4) is 0 Å². The summed E-state index contributed by atoms with van der Waals surface area (Å²) in [5.74, 6) is 0.650. The van der Waals surface area contributed by atoms with Crippen LogP contribution in [0, 0.1) is 0 Å². The molecular weight excluding hydrogens is 431 g/mol. The van der Waals surface area contributed by atoms with E-state index in [1.807, 2.05) is 13.8 Å². The minimum Gasteiger partial charge on any atom is -0.381 e. The van der Waals surface area contributed by atoms with E-state index in [0.717, 1.165) is 45.3 Å². The van der Waals surface area contributed by atoms with Gasteiger partial charge in [-0.25, -0.2) is 13.1 Å². The minimum absolute atomic E-state index is 0. The molecule has 9 heteroatoms. The molecule has 0 aliphatic carbocycles. The smallest absolute Gasteiger partial charge is 0.209 e. The highest BCUT2D eigenvalue weighted by molar-refractivity contribution is 14.0. The van der Waals surface area contributed by atoms with Crippen molar-refractivity contribution in [1.29, 1.82) is 0 Å². The van der Waals surface area contributed by atoms with Gasteiger partial charge in [-0.15, -0.1) is 24.0 Å². The minimum atomic E-state index is -3.24. The van der Waals surface area contributed by atoms with E-state index >= 15 is 0 Å². The van der Waals surface area contributed by atoms with E-state index in [1.54, 1.807) is 7.05 Å². The highest BCUT2D eigenvalue weighted by atomic mass is 127. The molecule has 0 saturated carbocycles. The second-order valence-electron chi connectivity index (χ2n) is 5.93. The van der Waals surface area contributed by atoms with E-state index < -0.39 is 15.6 Å². The van der Waals surface area contributed by atoms with Crippen molar-refractivity contribution in [2.75, 3.05) is 39.6 Å². The van der Waals surface area contributed by atoms with E-state index in [2.05, 4.69) is 27.3 Å². The van der Waals surface area contributed by atoms with Gasteiger partial charge < -0.3 is 15.4 Å². The Balaban J connectivity index is 0. The summed E-state index contributed by atoms with van der Waals surface area (Å²) in [4.78, 5) is 4.11. The van der Waals surface area contributed by atoms with Gasteiger partial charge in [0.1, 0.15) is 0 Å². The van der Waals surface area contributed by atoms with Gasteiger partial charge >= 0.3 is 0 Å². The van der Waals surface area contributed by atoms with Crippen molar-refractivity contribution >= 4 is 40.0 Å². The molecule has 0 saturated heterocycles. The van der Waals surface area contributed by atoms with E-state index in [9.17, 15) is 8.42 Å². The molecule has 7 nitrogen and oxygen atoms in total. The molecule has 140 valence electrons. The van der Waals surface area contributed by atoms with Gasteiger partial charge in [0, 0.05) is 38.9 Å². The van der Waals surface area contributed by atoms with Crippen LogP contribution in [-0.2, 0) is 14.8 Å². The van der Waals surface area contributed by atoms with E-state index in [-0.39, 0.29) is 24.0 Å². The van der Waals surface area contributed by atoms with Crippen LogP contribution < -0.4 is 15.4 Å². The number of guanidine groups is 1. The molecule has 0 bridgehead atoms. The van der Waals surface area contributed by atoms with Gasteiger partial charge in [-0.05, 0) is 26.7 Å². The van der Waals surface area contributed by atoms with Gasteiger partial charge in [0.15, 0.2) is 5.96 Å². The lowest BCUT2D eigenvalue weighted by Gasteiger charge is -2.26. The maximum absolute atomic E-state index is 11.3. The van der Waals surface area contributed by atoms with E-state index in [1.165, 1.54) is 0 Å². The second kappa shape index (κ2) is 13.2. The Bertz CT molecular complexity index is 428. The number of nitrogens with zero attached hydrogens (tertiary/aromatic N) is 1. The lowest BCUT2D eigenvalue weighted by molar-refractivity contribution is 0.129. The van der Waals surface area contributed by atoms with Gasteiger partial charge in [-0.3, -0.25) is 4.99 Å². The molecule has 3 N–H and O–H groups in total. The van der Waals surface area contributed by atoms with Crippen LogP contribution >= 0.6 is 24.0 Å². The lowest BCUT2D eigenvalue weighted by atomic mass is 10.1. The van der Waals surface area contributed by atoms with Gasteiger partial charge in [-0.2, -0.15) is 0 Å². The third-order valence-electron chi connectivity index (χ3n) is 2.78. The molecule has 0 aliphatic rings. The number of hydrogen-bond acceptors (Lipinski definition) is 4. The number of sulfonamides is 1. The maximum atomic E-state index is 11.3. The molecule has 0 radical (unpaired) electrons. The molecule has 0 aromatic heterocycles. The summed E-state index contributed by atoms with van der Waals surface area (Å²) in [5, 5.41) is 6.29. The Morgan fingerprint density at radius 3 is 2.30 bits per heavy atom. The molecule has 0 fully saturated rings. The fourth-order valence-electron chi connectivity index (χ4n) is 1.79. The fourth-order valence-corrected chi connectivity index (χ4v) is 2.87. The van der Waals surface area contributed by atoms with E-state index in [0.29, 0.717) is 12.5 Å². The number of unbranched alkanes of at least 4 members (excludes halogenated alkanes) is 1. The zero-order valence-corrected chi connectivity index (χ0v) is 18.1. The van der Waals surface area contributed by atoms with Crippen molar-refractivity contribution in [1.82, 2.24) is 15.4 Å². The molecule has 0 amide bonds. The van der Waals surface area contributed by atoms with Crippen LogP contribution in [0.25, 0.3) is 0 Å². The summed E-state index contributed by atoms with van der Waals surface area (Å²) in [7, 11) is -1.55. The predicted octanol–water partition coefficient (Wildman–Crippen LogP) is 1.30. The normalized spacial score (nSPS) is 12.7. The molecule has 0 unspecified atom stereocenters. The van der Waals surface area contributed by atoms with Crippen LogP contribution in [0.4, 0.5) is 0 Å². The summed E-state index contributed by atoms with van der Waals surface area (Å²) in [6, 6.07) is 0. The van der Waals surface area contributed by atoms with Gasteiger partial charge in [0.05, 0.1) is 6.26 Å². The fraction of sp³-hybridized carbons (Fsp3) is 0.929. The van der Waals surface area contributed by atoms with E-state index in [4.69, 9.17) is 4.74 Å². The Morgan fingerprint density at radius 1 is 1.17 bits per heavy atom. The summed E-state index contributed by atoms with van der Waals surface area (Å²) in [6.45, 7) is 8.50. The number of hydrogen-bond donors (Lipinski definition) is 3. The molecule has 0 spiro atoms. The van der Waals surface area contributed by atoms with Crippen molar-refractivity contribution < 1.29 is 13.2 Å². The summed E-state index contributed by atoms with van der Waals surface area (Å²) in [6.07, 6.45) is 4.29. The monoisotopic (exact) mass is 464 g/mol. The van der Waals surface area contributed by atoms with Crippen LogP contribution in [0.1, 0.15) is 40.0 Å². The third kappa shape index (κ3) is 16.5. The SMILES string of the molecule is CCCCOCCCNC(=NC)NCC(C)(C)NS(C)(=O)=O.I. The molecular formula is C14H33IN4O3S. The zero-order valence-electron chi connectivity index (χ0n) is 14.9. The van der Waals surface area contributed by atoms with Crippen LogP contribution in [-0.4, -0.2) is 59.5 Å². The highest BCUT2D eigenvalue weighted by Crippen LogP contribution is 2.01. The molecule has 0 aliphatic heterocycles. The average molecular weight is 464 g/mol. The second-order valence-corrected chi connectivity index (χ2v) is 7.68. The van der Waals surface area contributed by atoms with Crippen LogP contribution in [0.3, 0.4) is 0 Å². The van der Waals surface area contributed by atoms with Gasteiger partial charge in [0.2, 0.25) is 10.0 Å². The quantitative estimate of drug-likeness (QED) is 0.186. The lowest BCUT2D eigenvalue weighted by Crippen LogP contribution is -2.53. The Kier molecular flexibility index (Phi) is 14.4. The topological polar surface area (TPSA) is 91.8 Å². The first-order chi connectivity index (χ1) is 10.2. The van der Waals surface area contributed by atoms with Gasteiger partial charge in [0.25, 0.3) is 0 Å². The average Bonchev–Trinajstić information content (AvgIpc) is 2.38. The van der Waals surface area contributed by atoms with Crippen molar-refractivity contribution in [3.63, 3.8) is 0 Å². The largest absolute Gasteiger partial charge is 0.381 e. The summed E-state index contributed by atoms with van der Waals surface area (Å²) >= 11 is 0. The number of aliphatic imine (C=N–C) groups is 1. The molecule has 0 aromatic rings. The number of nitrogens with one attached hydrogen (secondary N) is 3. The number of halogens is 1. The predicted molar refractivity (Wildman–Crippen MR) is 107 cm³/mol. The Hall–Kier alpha value is -0.130. The van der Waals surface area contributed by atoms with Crippen LogP contribution in [0.2, 0.25) is 0 Å². The maximum Gasteiger partial charge on any atom is 0.209 e. The zero-order chi connectivity index (χ0) is 17.1. The first-order valence-electron chi connectivity index (χ1n) is 7.71. The van der Waals surface area contributed by atoms with Gasteiger partial charge in [-0.1, -0.05) is 13.3 Å². The number of rotatable bonds is 11. The first-order valence-corrected chi connectivity index (χ1v) is 9.60.